The van der Waals surface area contributed by atoms with Crippen molar-refractivity contribution in [3.63, 3.8) is 0 Å². The lowest BCUT2D eigenvalue weighted by molar-refractivity contribution is 0.675. The van der Waals surface area contributed by atoms with E-state index in [0.717, 1.165) is 12.2 Å². The van der Waals surface area contributed by atoms with Gasteiger partial charge in [-0.05, 0) is 50.2 Å². The van der Waals surface area contributed by atoms with E-state index < -0.39 is 0 Å². The van der Waals surface area contributed by atoms with E-state index in [1.165, 1.54) is 15.5 Å². The molecule has 0 atom stereocenters. The van der Waals surface area contributed by atoms with E-state index in [2.05, 4.69) is 77.2 Å². The smallest absolute Gasteiger partial charge is 0.0922 e. The van der Waals surface area contributed by atoms with E-state index in [0.29, 0.717) is 6.04 Å². The number of benzene rings is 2. The van der Waals surface area contributed by atoms with Gasteiger partial charge < -0.3 is 9.88 Å². The van der Waals surface area contributed by atoms with Gasteiger partial charge in [0.25, 0.3) is 0 Å². The van der Waals surface area contributed by atoms with Crippen molar-refractivity contribution in [2.45, 2.75) is 36.2 Å². The Morgan fingerprint density at radius 2 is 1.70 bits per heavy atom. The molecule has 0 aliphatic heterocycles. The molecule has 0 saturated carbocycles. The molecule has 1 heterocycles. The number of rotatable bonds is 6. The molecule has 3 rings (SSSR count). The average Bonchev–Trinajstić information content (AvgIpc) is 3.07. The highest BCUT2D eigenvalue weighted by atomic mass is 32.2. The van der Waals surface area contributed by atoms with Crippen molar-refractivity contribution in [3.05, 3.63) is 72.8 Å². The number of hydrogen-bond donors (Lipinski definition) is 1. The molecule has 0 aliphatic carbocycles. The molecule has 0 amide bonds. The number of nitrogens with one attached hydrogen (secondary N) is 1. The minimum atomic E-state index is 0.422. The zero-order chi connectivity index (χ0) is 16.1. The SMILES string of the molecule is CC(C)N(Cc1cnc[nH]1)c1ccc(Sc2ccccc2)cc1. The summed E-state index contributed by atoms with van der Waals surface area (Å²) in [5.41, 5.74) is 2.36. The molecule has 0 saturated heterocycles. The Bertz CT molecular complexity index is 706. The van der Waals surface area contributed by atoms with E-state index in [1.807, 2.05) is 12.3 Å². The van der Waals surface area contributed by atoms with Crippen molar-refractivity contribution in [1.29, 1.82) is 0 Å². The second kappa shape index (κ2) is 7.38. The van der Waals surface area contributed by atoms with Crippen molar-refractivity contribution in [3.8, 4) is 0 Å². The standard InChI is InChI=1S/C19H21N3S/c1-15(2)22(13-16-12-20-14-21-16)17-8-10-19(11-9-17)23-18-6-4-3-5-7-18/h3-12,14-15H,13H2,1-2H3,(H,20,21). The summed E-state index contributed by atoms with van der Waals surface area (Å²) in [5.74, 6) is 0. The van der Waals surface area contributed by atoms with Crippen LogP contribution in [-0.4, -0.2) is 16.0 Å². The fourth-order valence-electron chi connectivity index (χ4n) is 2.46. The zero-order valence-corrected chi connectivity index (χ0v) is 14.3. The molecule has 0 radical (unpaired) electrons. The van der Waals surface area contributed by atoms with Gasteiger partial charge in [-0.3, -0.25) is 0 Å². The molecule has 4 heteroatoms. The predicted molar refractivity (Wildman–Crippen MR) is 96.9 cm³/mol. The zero-order valence-electron chi connectivity index (χ0n) is 13.4. The third kappa shape index (κ3) is 4.17. The first-order valence-corrected chi connectivity index (χ1v) is 8.61. The van der Waals surface area contributed by atoms with Gasteiger partial charge in [-0.1, -0.05) is 30.0 Å². The summed E-state index contributed by atoms with van der Waals surface area (Å²) < 4.78 is 0. The Morgan fingerprint density at radius 1 is 1.00 bits per heavy atom. The van der Waals surface area contributed by atoms with E-state index in [1.54, 1.807) is 18.1 Å². The first kappa shape index (κ1) is 15.7. The van der Waals surface area contributed by atoms with Gasteiger partial charge in [-0.2, -0.15) is 0 Å². The van der Waals surface area contributed by atoms with Gasteiger partial charge in [0, 0.05) is 27.7 Å². The number of hydrogen-bond acceptors (Lipinski definition) is 3. The molecule has 23 heavy (non-hydrogen) atoms. The summed E-state index contributed by atoms with van der Waals surface area (Å²) >= 11 is 1.79. The maximum absolute atomic E-state index is 4.10. The van der Waals surface area contributed by atoms with E-state index >= 15 is 0 Å². The number of aromatic nitrogens is 2. The third-order valence-corrected chi connectivity index (χ3v) is 4.68. The Kier molecular flexibility index (Phi) is 5.03. The van der Waals surface area contributed by atoms with Crippen LogP contribution < -0.4 is 4.90 Å². The van der Waals surface area contributed by atoms with E-state index in [9.17, 15) is 0 Å². The number of aromatic amines is 1. The summed E-state index contributed by atoms with van der Waals surface area (Å²) in [6.07, 6.45) is 3.61. The lowest BCUT2D eigenvalue weighted by Crippen LogP contribution is -2.30. The highest BCUT2D eigenvalue weighted by molar-refractivity contribution is 7.99. The number of H-pyrrole nitrogens is 1. The van der Waals surface area contributed by atoms with Crippen molar-refractivity contribution in [1.82, 2.24) is 9.97 Å². The van der Waals surface area contributed by atoms with Crippen LogP contribution in [0.3, 0.4) is 0 Å². The Morgan fingerprint density at radius 3 is 2.30 bits per heavy atom. The van der Waals surface area contributed by atoms with Crippen LogP contribution in [-0.2, 0) is 6.54 Å². The molecule has 1 N–H and O–H groups in total. The number of nitrogens with zero attached hydrogens (tertiary/aromatic N) is 2. The second-order valence-electron chi connectivity index (χ2n) is 5.71. The van der Waals surface area contributed by atoms with Gasteiger partial charge in [0.2, 0.25) is 0 Å². The fourth-order valence-corrected chi connectivity index (χ4v) is 3.29. The molecule has 0 unspecified atom stereocenters. The van der Waals surface area contributed by atoms with Gasteiger partial charge in [0.1, 0.15) is 0 Å². The van der Waals surface area contributed by atoms with Gasteiger partial charge in [0.15, 0.2) is 0 Å². The second-order valence-corrected chi connectivity index (χ2v) is 6.85. The molecule has 3 aromatic rings. The van der Waals surface area contributed by atoms with Crippen LogP contribution in [0.2, 0.25) is 0 Å². The van der Waals surface area contributed by atoms with Crippen molar-refractivity contribution in [2.24, 2.45) is 0 Å². The van der Waals surface area contributed by atoms with Crippen molar-refractivity contribution < 1.29 is 0 Å². The van der Waals surface area contributed by atoms with E-state index in [4.69, 9.17) is 0 Å². The molecule has 2 aromatic carbocycles. The first-order valence-electron chi connectivity index (χ1n) is 7.79. The summed E-state index contributed by atoms with van der Waals surface area (Å²) in [6.45, 7) is 5.26. The fraction of sp³-hybridized carbons (Fsp3) is 0.211. The Hall–Kier alpha value is -2.20. The van der Waals surface area contributed by atoms with Crippen LogP contribution >= 0.6 is 11.8 Å². The molecule has 0 fully saturated rings. The minimum Gasteiger partial charge on any atom is -0.363 e. The number of imidazole rings is 1. The topological polar surface area (TPSA) is 31.9 Å². The minimum absolute atomic E-state index is 0.422. The maximum atomic E-state index is 4.10. The molecule has 118 valence electrons. The van der Waals surface area contributed by atoms with Crippen LogP contribution in [0.5, 0.6) is 0 Å². The van der Waals surface area contributed by atoms with Crippen molar-refractivity contribution >= 4 is 17.4 Å². The maximum Gasteiger partial charge on any atom is 0.0922 e. The summed E-state index contributed by atoms with van der Waals surface area (Å²) in [7, 11) is 0. The van der Waals surface area contributed by atoms with Crippen LogP contribution in [0.1, 0.15) is 19.5 Å². The van der Waals surface area contributed by atoms with Gasteiger partial charge in [0.05, 0.1) is 18.6 Å². The van der Waals surface area contributed by atoms with Crippen LogP contribution in [0.15, 0.2) is 76.9 Å². The van der Waals surface area contributed by atoms with Gasteiger partial charge in [-0.15, -0.1) is 0 Å². The van der Waals surface area contributed by atoms with Crippen LogP contribution in [0, 0.1) is 0 Å². The highest BCUT2D eigenvalue weighted by Crippen LogP contribution is 2.29. The van der Waals surface area contributed by atoms with E-state index in [-0.39, 0.29) is 0 Å². The molecule has 0 aliphatic rings. The Balaban J connectivity index is 1.74. The molecular formula is C19H21N3S. The quantitative estimate of drug-likeness (QED) is 0.694. The molecule has 1 aromatic heterocycles. The highest BCUT2D eigenvalue weighted by Gasteiger charge is 2.12. The normalized spacial score (nSPS) is 10.9. The van der Waals surface area contributed by atoms with Crippen molar-refractivity contribution in [2.75, 3.05) is 4.90 Å². The molecule has 0 bridgehead atoms. The lowest BCUT2D eigenvalue weighted by Gasteiger charge is -2.28. The summed E-state index contributed by atoms with van der Waals surface area (Å²) in [6, 6.07) is 19.7. The lowest BCUT2D eigenvalue weighted by atomic mass is 10.2. The largest absolute Gasteiger partial charge is 0.363 e. The number of anilines is 1. The van der Waals surface area contributed by atoms with Crippen LogP contribution in [0.4, 0.5) is 5.69 Å². The Labute approximate surface area is 141 Å². The first-order chi connectivity index (χ1) is 11.2. The van der Waals surface area contributed by atoms with Gasteiger partial charge >= 0.3 is 0 Å². The monoisotopic (exact) mass is 323 g/mol. The third-order valence-electron chi connectivity index (χ3n) is 3.67. The molecule has 0 spiro atoms. The molecular weight excluding hydrogens is 302 g/mol. The molecule has 3 nitrogen and oxygen atoms in total. The summed E-state index contributed by atoms with van der Waals surface area (Å²) in [5, 5.41) is 0. The van der Waals surface area contributed by atoms with Gasteiger partial charge in [-0.25, -0.2) is 4.98 Å². The van der Waals surface area contributed by atoms with Crippen LogP contribution in [0.25, 0.3) is 0 Å². The predicted octanol–water partition coefficient (Wildman–Crippen LogP) is 4.98. The average molecular weight is 323 g/mol. The summed E-state index contributed by atoms with van der Waals surface area (Å²) in [4.78, 5) is 12.2.